The van der Waals surface area contributed by atoms with E-state index in [1.54, 1.807) is 6.08 Å². The number of nitrogens with one attached hydrogen (secondary N) is 1. The zero-order valence-corrected chi connectivity index (χ0v) is 33.0. The molecule has 0 aliphatic rings. The molecule has 0 rings (SSSR count). The van der Waals surface area contributed by atoms with Gasteiger partial charge in [0.2, 0.25) is 5.91 Å². The lowest BCUT2D eigenvalue weighted by atomic mass is 10.0. The maximum Gasteiger partial charge on any atom is 0.469 e. The molecule has 0 heterocycles. The van der Waals surface area contributed by atoms with E-state index < -0.39 is 26.6 Å². The molecule has 0 aliphatic heterocycles. The predicted octanol–water partition coefficient (Wildman–Crippen LogP) is 12.2. The van der Waals surface area contributed by atoms with Crippen LogP contribution in [0.5, 0.6) is 0 Å². The summed E-state index contributed by atoms with van der Waals surface area (Å²) < 4.78 is 15.9. The van der Waals surface area contributed by atoms with Crippen LogP contribution in [0.15, 0.2) is 24.3 Å². The van der Waals surface area contributed by atoms with Gasteiger partial charge in [0.05, 0.1) is 18.8 Å². The molecular formula is C41H80NO6P. The average molecular weight is 714 g/mol. The van der Waals surface area contributed by atoms with Gasteiger partial charge < -0.3 is 20.2 Å². The van der Waals surface area contributed by atoms with Crippen molar-refractivity contribution < 1.29 is 28.8 Å². The van der Waals surface area contributed by atoms with Gasteiger partial charge in [-0.25, -0.2) is 4.57 Å². The summed E-state index contributed by atoms with van der Waals surface area (Å²) in [5, 5.41) is 13.3. The van der Waals surface area contributed by atoms with Gasteiger partial charge in [-0.2, -0.15) is 0 Å². The Balaban J connectivity index is 3.83. The molecule has 2 atom stereocenters. The van der Waals surface area contributed by atoms with Crippen LogP contribution in [0, 0.1) is 0 Å². The Morgan fingerprint density at radius 3 is 1.31 bits per heavy atom. The van der Waals surface area contributed by atoms with Crippen LogP contribution < -0.4 is 5.32 Å². The number of hydrogen-bond acceptors (Lipinski definition) is 4. The lowest BCUT2D eigenvalue weighted by Crippen LogP contribution is -2.45. The monoisotopic (exact) mass is 714 g/mol. The van der Waals surface area contributed by atoms with Crippen LogP contribution in [-0.4, -0.2) is 39.6 Å². The number of phosphoric ester groups is 1. The van der Waals surface area contributed by atoms with E-state index in [4.69, 9.17) is 9.79 Å². The van der Waals surface area contributed by atoms with Gasteiger partial charge in [0.25, 0.3) is 0 Å². The highest BCUT2D eigenvalue weighted by molar-refractivity contribution is 7.46. The summed E-state index contributed by atoms with van der Waals surface area (Å²) in [6.07, 6.45) is 45.0. The molecule has 0 aromatic rings. The van der Waals surface area contributed by atoms with Gasteiger partial charge in [-0.15, -0.1) is 0 Å². The smallest absolute Gasteiger partial charge is 0.387 e. The molecule has 1 amide bonds. The lowest BCUT2D eigenvalue weighted by molar-refractivity contribution is -0.123. The maximum atomic E-state index is 12.5. The van der Waals surface area contributed by atoms with Gasteiger partial charge in [0.1, 0.15) is 0 Å². The number of hydrogen-bond donors (Lipinski definition) is 4. The third-order valence-corrected chi connectivity index (χ3v) is 9.89. The third kappa shape index (κ3) is 38.1. The van der Waals surface area contributed by atoms with Crippen molar-refractivity contribution in [2.75, 3.05) is 6.61 Å². The van der Waals surface area contributed by atoms with Crippen molar-refractivity contribution in [1.82, 2.24) is 5.32 Å². The van der Waals surface area contributed by atoms with Gasteiger partial charge in [-0.3, -0.25) is 9.32 Å². The minimum Gasteiger partial charge on any atom is -0.387 e. The zero-order valence-electron chi connectivity index (χ0n) is 32.1. The number of unbranched alkanes of at least 4 members (excludes halogenated alkanes) is 27. The molecule has 0 bridgehead atoms. The summed E-state index contributed by atoms with van der Waals surface area (Å²) in [4.78, 5) is 30.8. The minimum atomic E-state index is -4.71. The normalized spacial score (nSPS) is 13.5. The van der Waals surface area contributed by atoms with Crippen molar-refractivity contribution >= 4 is 13.7 Å². The summed E-state index contributed by atoms with van der Waals surface area (Å²) in [6, 6.07) is -0.906. The van der Waals surface area contributed by atoms with Gasteiger partial charge in [-0.05, 0) is 44.9 Å². The third-order valence-electron chi connectivity index (χ3n) is 9.40. The molecule has 0 radical (unpaired) electrons. The first-order chi connectivity index (χ1) is 23.8. The second-order valence-corrected chi connectivity index (χ2v) is 15.5. The molecule has 7 nitrogen and oxygen atoms in total. The maximum absolute atomic E-state index is 12.5. The Morgan fingerprint density at radius 1 is 0.571 bits per heavy atom. The molecule has 0 saturated heterocycles. The van der Waals surface area contributed by atoms with Crippen molar-refractivity contribution in [3.8, 4) is 0 Å². The molecule has 0 aliphatic carbocycles. The highest BCUT2D eigenvalue weighted by atomic mass is 31.2. The highest BCUT2D eigenvalue weighted by Gasteiger charge is 2.24. The van der Waals surface area contributed by atoms with Crippen molar-refractivity contribution in [3.63, 3.8) is 0 Å². The SMILES string of the molecule is CCCCCCCC/C=C\CCCCCCCCCCCCCCCC(=O)N[C@@H](COP(=O)(O)O)[C@H](O)/C=C/CCCCCCCCCC. The van der Waals surface area contributed by atoms with Crippen LogP contribution in [0.2, 0.25) is 0 Å². The molecule has 0 saturated carbocycles. The summed E-state index contributed by atoms with van der Waals surface area (Å²) >= 11 is 0. The van der Waals surface area contributed by atoms with Crippen molar-refractivity contribution in [2.24, 2.45) is 0 Å². The Morgan fingerprint density at radius 2 is 0.918 bits per heavy atom. The van der Waals surface area contributed by atoms with Crippen molar-refractivity contribution in [2.45, 2.75) is 225 Å². The van der Waals surface area contributed by atoms with E-state index in [2.05, 4.69) is 35.8 Å². The van der Waals surface area contributed by atoms with Crippen LogP contribution in [0.1, 0.15) is 213 Å². The van der Waals surface area contributed by atoms with E-state index in [1.165, 1.54) is 154 Å². The van der Waals surface area contributed by atoms with Crippen LogP contribution >= 0.6 is 7.82 Å². The molecule has 0 aromatic heterocycles. The predicted molar refractivity (Wildman–Crippen MR) is 209 cm³/mol. The molecule has 0 fully saturated rings. The fourth-order valence-electron chi connectivity index (χ4n) is 6.22. The summed E-state index contributed by atoms with van der Waals surface area (Å²) in [5.41, 5.74) is 0. The molecule has 0 unspecified atom stereocenters. The molecule has 4 N–H and O–H groups in total. The Labute approximate surface area is 303 Å². The average Bonchev–Trinajstić information content (AvgIpc) is 3.07. The number of carbonyl (C=O) groups excluding carboxylic acids is 1. The molecule has 290 valence electrons. The Hall–Kier alpha value is -0.980. The van der Waals surface area contributed by atoms with Gasteiger partial charge >= 0.3 is 7.82 Å². The number of phosphoric acid groups is 1. The molecule has 49 heavy (non-hydrogen) atoms. The zero-order chi connectivity index (χ0) is 36.1. The fourth-order valence-corrected chi connectivity index (χ4v) is 6.57. The minimum absolute atomic E-state index is 0.227. The topological polar surface area (TPSA) is 116 Å². The van der Waals surface area contributed by atoms with Gasteiger partial charge in [0.15, 0.2) is 0 Å². The number of carbonyl (C=O) groups is 1. The molecule has 0 spiro atoms. The van der Waals surface area contributed by atoms with Crippen LogP contribution in [0.4, 0.5) is 0 Å². The Bertz CT molecular complexity index is 814. The second kappa shape index (κ2) is 36.8. The molecule has 0 aromatic carbocycles. The Kier molecular flexibility index (Phi) is 36.1. The van der Waals surface area contributed by atoms with Gasteiger partial charge in [-0.1, -0.05) is 186 Å². The van der Waals surface area contributed by atoms with Crippen molar-refractivity contribution in [1.29, 1.82) is 0 Å². The summed E-state index contributed by atoms with van der Waals surface area (Å²) in [7, 11) is -4.71. The number of rotatable bonds is 38. The van der Waals surface area contributed by atoms with Crippen LogP contribution in [-0.2, 0) is 13.9 Å². The van der Waals surface area contributed by atoms with E-state index in [0.717, 1.165) is 38.5 Å². The van der Waals surface area contributed by atoms with E-state index in [-0.39, 0.29) is 5.91 Å². The first-order valence-electron chi connectivity index (χ1n) is 20.8. The number of aliphatic hydroxyl groups is 1. The lowest BCUT2D eigenvalue weighted by Gasteiger charge is -2.22. The van der Waals surface area contributed by atoms with Crippen LogP contribution in [0.25, 0.3) is 0 Å². The standard InChI is InChI=1S/C41H80NO6P/c1-3-5-7-9-11-13-15-16-17-18-19-20-21-22-23-24-25-26-27-29-31-33-35-37-41(44)42-39(38-48-49(45,46)47)40(43)36-34-32-30-28-14-12-10-8-6-4-2/h16-17,34,36,39-40,43H,3-15,18-33,35,37-38H2,1-2H3,(H,42,44)(H2,45,46,47)/b17-16-,36-34+/t39-,40+/m0/s1. The van der Waals surface area contributed by atoms with E-state index in [0.29, 0.717) is 6.42 Å². The molecule has 8 heteroatoms. The fraction of sp³-hybridized carbons (Fsp3) is 0.878. The second-order valence-electron chi connectivity index (χ2n) is 14.3. The first kappa shape index (κ1) is 48.0. The van der Waals surface area contributed by atoms with Crippen molar-refractivity contribution in [3.05, 3.63) is 24.3 Å². The van der Waals surface area contributed by atoms with Gasteiger partial charge in [0, 0.05) is 6.42 Å². The first-order valence-corrected chi connectivity index (χ1v) is 22.3. The highest BCUT2D eigenvalue weighted by Crippen LogP contribution is 2.35. The van der Waals surface area contributed by atoms with E-state index in [1.807, 2.05) is 6.08 Å². The summed E-state index contributed by atoms with van der Waals surface area (Å²) in [5.74, 6) is -0.227. The number of allylic oxidation sites excluding steroid dienone is 3. The molecular weight excluding hydrogens is 633 g/mol. The number of amides is 1. The quantitative estimate of drug-likeness (QED) is 0.0287. The summed E-state index contributed by atoms with van der Waals surface area (Å²) in [6.45, 7) is 4.05. The van der Waals surface area contributed by atoms with Crippen LogP contribution in [0.3, 0.4) is 0 Å². The van der Waals surface area contributed by atoms with E-state index in [9.17, 15) is 14.5 Å². The number of aliphatic hydroxyl groups excluding tert-OH is 1. The largest absolute Gasteiger partial charge is 0.469 e. The van der Waals surface area contributed by atoms with E-state index >= 15 is 0 Å².